The van der Waals surface area contributed by atoms with Crippen LogP contribution in [0.3, 0.4) is 0 Å². The van der Waals surface area contributed by atoms with Gasteiger partial charge in [0.25, 0.3) is 0 Å². The van der Waals surface area contributed by atoms with Crippen molar-refractivity contribution in [2.24, 2.45) is 7.05 Å². The van der Waals surface area contributed by atoms with Crippen molar-refractivity contribution in [1.29, 1.82) is 0 Å². The van der Waals surface area contributed by atoms with Crippen LogP contribution in [-0.2, 0) is 18.4 Å². The first-order valence-electron chi connectivity index (χ1n) is 3.85. The van der Waals surface area contributed by atoms with Gasteiger partial charge in [0.1, 0.15) is 6.61 Å². The highest BCUT2D eigenvalue weighted by atomic mass is 16.5. The van der Waals surface area contributed by atoms with Gasteiger partial charge in [0.2, 0.25) is 5.88 Å². The van der Waals surface area contributed by atoms with Crippen molar-refractivity contribution in [2.45, 2.75) is 6.61 Å². The van der Waals surface area contributed by atoms with Crippen LogP contribution in [0.2, 0.25) is 0 Å². The lowest BCUT2D eigenvalue weighted by molar-refractivity contribution is 0.151. The molecule has 1 rings (SSSR count). The molecule has 0 N–H and O–H groups in total. The van der Waals surface area contributed by atoms with Crippen molar-refractivity contribution in [2.75, 3.05) is 13.7 Å². The second kappa shape index (κ2) is 4.53. The minimum atomic E-state index is 0.304. The van der Waals surface area contributed by atoms with Crippen LogP contribution in [0, 0.1) is 12.3 Å². The number of aryl methyl sites for hydroxylation is 1. The van der Waals surface area contributed by atoms with E-state index in [9.17, 15) is 0 Å². The van der Waals surface area contributed by atoms with Gasteiger partial charge >= 0.3 is 0 Å². The summed E-state index contributed by atoms with van der Waals surface area (Å²) < 4.78 is 11.9. The lowest BCUT2D eigenvalue weighted by Crippen LogP contribution is -1.94. The predicted octanol–water partition coefficient (Wildman–Crippen LogP) is 0.578. The van der Waals surface area contributed by atoms with E-state index in [1.54, 1.807) is 11.8 Å². The molecule has 0 aliphatic rings. The largest absolute Gasteiger partial charge is 0.480 e. The molecule has 0 saturated heterocycles. The number of aromatic nitrogens is 2. The van der Waals surface area contributed by atoms with Crippen LogP contribution in [0.25, 0.3) is 0 Å². The Balaban J connectivity index is 2.59. The second-order valence-corrected chi connectivity index (χ2v) is 2.53. The van der Waals surface area contributed by atoms with Crippen LogP contribution in [0.5, 0.6) is 5.88 Å². The molecule has 1 aromatic heterocycles. The van der Waals surface area contributed by atoms with Crippen molar-refractivity contribution in [1.82, 2.24) is 9.78 Å². The topological polar surface area (TPSA) is 36.3 Å². The fourth-order valence-electron chi connectivity index (χ4n) is 1.01. The first-order valence-corrected chi connectivity index (χ1v) is 3.85. The average molecular weight is 180 g/mol. The standard InChI is InChI=1S/C9H12N2O2/c1-4-5-13-7-8-6-11(2)10-9(8)12-3/h1,6H,5,7H2,2-3H3. The number of methoxy groups -OCH3 is 1. The number of rotatable bonds is 4. The third-order valence-electron chi connectivity index (χ3n) is 1.50. The van der Waals surface area contributed by atoms with Gasteiger partial charge in [-0.05, 0) is 0 Å². The highest BCUT2D eigenvalue weighted by Gasteiger charge is 2.06. The molecule has 0 aromatic carbocycles. The Labute approximate surface area is 77.5 Å². The van der Waals surface area contributed by atoms with Crippen LogP contribution in [0.15, 0.2) is 6.20 Å². The molecule has 0 fully saturated rings. The molecule has 0 unspecified atom stereocenters. The van der Waals surface area contributed by atoms with Gasteiger partial charge in [-0.3, -0.25) is 4.68 Å². The fraction of sp³-hybridized carbons (Fsp3) is 0.444. The molecule has 0 spiro atoms. The smallest absolute Gasteiger partial charge is 0.238 e. The number of hydrogen-bond acceptors (Lipinski definition) is 3. The molecule has 4 heteroatoms. The first-order chi connectivity index (χ1) is 6.27. The lowest BCUT2D eigenvalue weighted by atomic mass is 10.4. The molecule has 70 valence electrons. The zero-order valence-corrected chi connectivity index (χ0v) is 7.78. The van der Waals surface area contributed by atoms with E-state index in [1.807, 2.05) is 13.2 Å². The van der Waals surface area contributed by atoms with Gasteiger partial charge in [-0.1, -0.05) is 5.92 Å². The van der Waals surface area contributed by atoms with Crippen LogP contribution in [0.4, 0.5) is 0 Å². The maximum atomic E-state index is 5.16. The fourth-order valence-corrected chi connectivity index (χ4v) is 1.01. The normalized spacial score (nSPS) is 9.62. The summed E-state index contributed by atoms with van der Waals surface area (Å²) in [5.41, 5.74) is 0.903. The third-order valence-corrected chi connectivity index (χ3v) is 1.50. The monoisotopic (exact) mass is 180 g/mol. The molecule has 1 heterocycles. The van der Waals surface area contributed by atoms with Gasteiger partial charge in [0, 0.05) is 13.2 Å². The van der Waals surface area contributed by atoms with Crippen LogP contribution < -0.4 is 4.74 Å². The SMILES string of the molecule is C#CCOCc1cn(C)nc1OC. The summed E-state index contributed by atoms with van der Waals surface area (Å²) in [5, 5.41) is 4.07. The van der Waals surface area contributed by atoms with Crippen molar-refractivity contribution >= 4 is 0 Å². The van der Waals surface area contributed by atoms with E-state index in [0.717, 1.165) is 5.56 Å². The summed E-state index contributed by atoms with van der Waals surface area (Å²) in [6.07, 6.45) is 6.88. The molecule has 0 atom stereocenters. The Hall–Kier alpha value is -1.47. The molecule has 0 radical (unpaired) electrons. The highest BCUT2D eigenvalue weighted by molar-refractivity contribution is 5.22. The molecular weight excluding hydrogens is 168 g/mol. The Kier molecular flexibility index (Phi) is 3.35. The van der Waals surface area contributed by atoms with Gasteiger partial charge < -0.3 is 9.47 Å². The first kappa shape index (κ1) is 9.62. The summed E-state index contributed by atoms with van der Waals surface area (Å²) in [7, 11) is 3.40. The summed E-state index contributed by atoms with van der Waals surface area (Å²) in [4.78, 5) is 0. The Bertz CT molecular complexity index is 312. The zero-order valence-electron chi connectivity index (χ0n) is 7.78. The van der Waals surface area contributed by atoms with Crippen molar-refractivity contribution in [3.05, 3.63) is 11.8 Å². The predicted molar refractivity (Wildman–Crippen MR) is 48.2 cm³/mol. The van der Waals surface area contributed by atoms with Crippen molar-refractivity contribution < 1.29 is 9.47 Å². The highest BCUT2D eigenvalue weighted by Crippen LogP contribution is 2.15. The Morgan fingerprint density at radius 2 is 2.46 bits per heavy atom. The average Bonchev–Trinajstić information content (AvgIpc) is 2.47. The molecule has 1 aromatic rings. The van der Waals surface area contributed by atoms with E-state index in [1.165, 1.54) is 0 Å². The quantitative estimate of drug-likeness (QED) is 0.502. The van der Waals surface area contributed by atoms with Crippen LogP contribution in [0.1, 0.15) is 5.56 Å². The van der Waals surface area contributed by atoms with Crippen LogP contribution in [-0.4, -0.2) is 23.5 Å². The number of terminal acetylenes is 1. The maximum absolute atomic E-state index is 5.16. The van der Waals surface area contributed by atoms with E-state index in [4.69, 9.17) is 15.9 Å². The Morgan fingerprint density at radius 1 is 1.69 bits per heavy atom. The van der Waals surface area contributed by atoms with E-state index in [2.05, 4.69) is 11.0 Å². The zero-order chi connectivity index (χ0) is 9.68. The van der Waals surface area contributed by atoms with Gasteiger partial charge in [0.05, 0.1) is 19.3 Å². The van der Waals surface area contributed by atoms with Gasteiger partial charge in [0.15, 0.2) is 0 Å². The molecule has 4 nitrogen and oxygen atoms in total. The van der Waals surface area contributed by atoms with E-state index >= 15 is 0 Å². The number of hydrogen-bond donors (Lipinski definition) is 0. The van der Waals surface area contributed by atoms with Crippen molar-refractivity contribution in [3.63, 3.8) is 0 Å². The molecule has 0 bridgehead atoms. The molecule has 0 aliphatic carbocycles. The summed E-state index contributed by atoms with van der Waals surface area (Å²) in [6, 6.07) is 0. The number of nitrogens with zero attached hydrogens (tertiary/aromatic N) is 2. The maximum Gasteiger partial charge on any atom is 0.238 e. The Morgan fingerprint density at radius 3 is 3.08 bits per heavy atom. The van der Waals surface area contributed by atoms with E-state index in [0.29, 0.717) is 19.1 Å². The molecular formula is C9H12N2O2. The van der Waals surface area contributed by atoms with Crippen LogP contribution >= 0.6 is 0 Å². The van der Waals surface area contributed by atoms with Gasteiger partial charge in [-0.2, -0.15) is 0 Å². The minimum Gasteiger partial charge on any atom is -0.480 e. The second-order valence-electron chi connectivity index (χ2n) is 2.53. The molecule has 0 saturated carbocycles. The van der Waals surface area contributed by atoms with E-state index < -0.39 is 0 Å². The molecule has 0 amide bonds. The molecule has 0 aliphatic heterocycles. The minimum absolute atomic E-state index is 0.304. The molecule has 13 heavy (non-hydrogen) atoms. The summed E-state index contributed by atoms with van der Waals surface area (Å²) in [5.74, 6) is 2.97. The lowest BCUT2D eigenvalue weighted by Gasteiger charge is -1.99. The third kappa shape index (κ3) is 2.49. The number of ether oxygens (including phenoxy) is 2. The van der Waals surface area contributed by atoms with Gasteiger partial charge in [-0.25, -0.2) is 0 Å². The summed E-state index contributed by atoms with van der Waals surface area (Å²) in [6.45, 7) is 0.735. The van der Waals surface area contributed by atoms with Crippen molar-refractivity contribution in [3.8, 4) is 18.2 Å². The summed E-state index contributed by atoms with van der Waals surface area (Å²) >= 11 is 0. The van der Waals surface area contributed by atoms with E-state index in [-0.39, 0.29) is 0 Å². The van der Waals surface area contributed by atoms with Gasteiger partial charge in [-0.15, -0.1) is 11.5 Å².